The van der Waals surface area contributed by atoms with Gasteiger partial charge in [-0.25, -0.2) is 0 Å². The number of piperazine rings is 1. The van der Waals surface area contributed by atoms with Crippen LogP contribution in [0, 0.1) is 0 Å². The van der Waals surface area contributed by atoms with E-state index in [1.54, 1.807) is 6.92 Å². The summed E-state index contributed by atoms with van der Waals surface area (Å²) in [4.78, 5) is 18.2. The van der Waals surface area contributed by atoms with E-state index in [0.717, 1.165) is 51.4 Å². The first-order valence-electron chi connectivity index (χ1n) is 7.94. The molecule has 0 aromatic heterocycles. The van der Waals surface area contributed by atoms with Gasteiger partial charge in [0.2, 0.25) is 0 Å². The Bertz CT molecular complexity index is 319. The normalized spacial score (nSPS) is 31.6. The molecule has 0 aromatic rings. The lowest BCUT2D eigenvalue weighted by atomic mass is 10.2. The summed E-state index contributed by atoms with van der Waals surface area (Å²) in [5, 5.41) is 9.04. The first kappa shape index (κ1) is 15.7. The Labute approximate surface area is 122 Å². The van der Waals surface area contributed by atoms with Crippen LogP contribution in [-0.2, 0) is 4.79 Å². The van der Waals surface area contributed by atoms with Crippen molar-refractivity contribution in [1.29, 1.82) is 0 Å². The molecule has 2 saturated heterocycles. The average Bonchev–Trinajstić information content (AvgIpc) is 2.75. The lowest BCUT2D eigenvalue weighted by molar-refractivity contribution is -0.143. The lowest BCUT2D eigenvalue weighted by Crippen LogP contribution is -2.53. The largest absolute Gasteiger partial charge is 0.480 e. The maximum absolute atomic E-state index is 11.0. The molecule has 2 aliphatic rings. The van der Waals surface area contributed by atoms with Gasteiger partial charge in [0.15, 0.2) is 0 Å². The topological polar surface area (TPSA) is 47.0 Å². The zero-order valence-electron chi connectivity index (χ0n) is 13.1. The zero-order chi connectivity index (χ0) is 14.7. The van der Waals surface area contributed by atoms with Crippen molar-refractivity contribution in [3.63, 3.8) is 0 Å². The highest BCUT2D eigenvalue weighted by Gasteiger charge is 2.28. The molecule has 0 unspecified atom stereocenters. The van der Waals surface area contributed by atoms with Crippen LogP contribution in [0.1, 0.15) is 33.6 Å². The highest BCUT2D eigenvalue weighted by Crippen LogP contribution is 2.22. The van der Waals surface area contributed by atoms with Crippen LogP contribution in [0.25, 0.3) is 0 Å². The monoisotopic (exact) mass is 283 g/mol. The van der Waals surface area contributed by atoms with E-state index in [-0.39, 0.29) is 6.04 Å². The zero-order valence-corrected chi connectivity index (χ0v) is 13.1. The highest BCUT2D eigenvalue weighted by atomic mass is 16.4. The molecule has 0 aromatic carbocycles. The third-order valence-corrected chi connectivity index (χ3v) is 5.12. The molecule has 2 rings (SSSR count). The smallest absolute Gasteiger partial charge is 0.320 e. The van der Waals surface area contributed by atoms with Gasteiger partial charge in [0.05, 0.1) is 0 Å². The molecule has 0 bridgehead atoms. The molecule has 2 heterocycles. The molecule has 2 fully saturated rings. The number of nitrogens with zero attached hydrogens (tertiary/aromatic N) is 3. The number of carboxylic acid groups (broad SMARTS) is 1. The Balaban J connectivity index is 1.71. The fourth-order valence-corrected chi connectivity index (χ4v) is 3.48. The van der Waals surface area contributed by atoms with E-state index in [1.165, 1.54) is 12.8 Å². The van der Waals surface area contributed by atoms with Gasteiger partial charge in [0.1, 0.15) is 6.04 Å². The van der Waals surface area contributed by atoms with E-state index >= 15 is 0 Å². The summed E-state index contributed by atoms with van der Waals surface area (Å²) in [7, 11) is 0. The van der Waals surface area contributed by atoms with Crippen molar-refractivity contribution in [2.75, 3.05) is 39.3 Å². The summed E-state index contributed by atoms with van der Waals surface area (Å²) in [6.07, 6.45) is 2.65. The molecule has 20 heavy (non-hydrogen) atoms. The number of rotatable bonds is 5. The van der Waals surface area contributed by atoms with E-state index < -0.39 is 5.97 Å². The number of hydrogen-bond donors (Lipinski definition) is 1. The molecular formula is C15H29N3O2. The number of likely N-dealkylation sites (tertiary alicyclic amines) is 1. The van der Waals surface area contributed by atoms with Crippen LogP contribution in [-0.4, -0.2) is 83.2 Å². The standard InChI is InChI=1S/C15H29N3O2/c1-12-4-5-13(2)18(12)11-8-16-6-9-17(10-7-16)14(3)15(19)20/h12-14H,4-11H2,1-3H3,(H,19,20)/t12-,13+,14-/m1/s1. The maximum atomic E-state index is 11.0. The minimum Gasteiger partial charge on any atom is -0.480 e. The number of carboxylic acids is 1. The summed E-state index contributed by atoms with van der Waals surface area (Å²) in [5.74, 6) is -0.710. The van der Waals surface area contributed by atoms with Gasteiger partial charge in [-0.1, -0.05) is 0 Å². The molecule has 0 amide bonds. The van der Waals surface area contributed by atoms with Crippen molar-refractivity contribution in [2.45, 2.75) is 51.7 Å². The Morgan fingerprint density at radius 2 is 1.65 bits per heavy atom. The second-order valence-electron chi connectivity index (χ2n) is 6.41. The Hall–Kier alpha value is -0.650. The summed E-state index contributed by atoms with van der Waals surface area (Å²) in [6.45, 7) is 12.4. The van der Waals surface area contributed by atoms with E-state index in [2.05, 4.69) is 28.5 Å². The van der Waals surface area contributed by atoms with Gasteiger partial charge in [-0.3, -0.25) is 19.5 Å². The van der Waals surface area contributed by atoms with E-state index in [1.807, 2.05) is 0 Å². The number of carbonyl (C=O) groups is 1. The minimum absolute atomic E-state index is 0.351. The summed E-state index contributed by atoms with van der Waals surface area (Å²) in [5.41, 5.74) is 0. The third kappa shape index (κ3) is 3.71. The van der Waals surface area contributed by atoms with Gasteiger partial charge >= 0.3 is 5.97 Å². The fraction of sp³-hybridized carbons (Fsp3) is 0.933. The molecule has 5 heteroatoms. The van der Waals surface area contributed by atoms with Crippen LogP contribution in [0.5, 0.6) is 0 Å². The Morgan fingerprint density at radius 1 is 1.10 bits per heavy atom. The Kier molecular flexibility index (Phi) is 5.41. The summed E-state index contributed by atoms with van der Waals surface area (Å²) < 4.78 is 0. The van der Waals surface area contributed by atoms with Gasteiger partial charge < -0.3 is 5.11 Å². The van der Waals surface area contributed by atoms with Crippen LogP contribution in [0.2, 0.25) is 0 Å². The van der Waals surface area contributed by atoms with Gasteiger partial charge in [0.25, 0.3) is 0 Å². The minimum atomic E-state index is -0.710. The van der Waals surface area contributed by atoms with Gasteiger partial charge in [-0.2, -0.15) is 0 Å². The van der Waals surface area contributed by atoms with Crippen molar-refractivity contribution < 1.29 is 9.90 Å². The molecule has 2 aliphatic heterocycles. The predicted molar refractivity (Wildman–Crippen MR) is 80.0 cm³/mol. The maximum Gasteiger partial charge on any atom is 0.320 e. The lowest BCUT2D eigenvalue weighted by Gasteiger charge is -2.38. The van der Waals surface area contributed by atoms with Crippen molar-refractivity contribution in [2.24, 2.45) is 0 Å². The molecule has 116 valence electrons. The van der Waals surface area contributed by atoms with Crippen LogP contribution in [0.3, 0.4) is 0 Å². The van der Waals surface area contributed by atoms with Crippen LogP contribution >= 0.6 is 0 Å². The molecule has 0 spiro atoms. The van der Waals surface area contributed by atoms with Crippen LogP contribution < -0.4 is 0 Å². The van der Waals surface area contributed by atoms with E-state index in [4.69, 9.17) is 5.11 Å². The number of hydrogen-bond acceptors (Lipinski definition) is 4. The molecule has 1 N–H and O–H groups in total. The third-order valence-electron chi connectivity index (χ3n) is 5.12. The SMILES string of the molecule is C[C@H](C(=O)O)N1CCN(CCN2[C@H](C)CC[C@@H]2C)CC1. The summed E-state index contributed by atoms with van der Waals surface area (Å²) in [6, 6.07) is 1.09. The van der Waals surface area contributed by atoms with Crippen molar-refractivity contribution in [3.8, 4) is 0 Å². The van der Waals surface area contributed by atoms with Crippen molar-refractivity contribution >= 4 is 5.97 Å². The van der Waals surface area contributed by atoms with E-state index in [0.29, 0.717) is 0 Å². The van der Waals surface area contributed by atoms with Crippen molar-refractivity contribution in [1.82, 2.24) is 14.7 Å². The molecule has 3 atom stereocenters. The Morgan fingerprint density at radius 3 is 2.15 bits per heavy atom. The molecule has 0 aliphatic carbocycles. The molecule has 5 nitrogen and oxygen atoms in total. The second-order valence-corrected chi connectivity index (χ2v) is 6.41. The highest BCUT2D eigenvalue weighted by molar-refractivity contribution is 5.72. The molecule has 0 saturated carbocycles. The van der Waals surface area contributed by atoms with E-state index in [9.17, 15) is 4.79 Å². The predicted octanol–water partition coefficient (Wildman–Crippen LogP) is 0.950. The molecular weight excluding hydrogens is 254 g/mol. The average molecular weight is 283 g/mol. The van der Waals surface area contributed by atoms with Gasteiger partial charge in [-0.15, -0.1) is 0 Å². The first-order valence-corrected chi connectivity index (χ1v) is 7.94. The fourth-order valence-electron chi connectivity index (χ4n) is 3.48. The van der Waals surface area contributed by atoms with Crippen molar-refractivity contribution in [3.05, 3.63) is 0 Å². The second kappa shape index (κ2) is 6.87. The van der Waals surface area contributed by atoms with Gasteiger partial charge in [-0.05, 0) is 33.6 Å². The molecule has 0 radical (unpaired) electrons. The first-order chi connectivity index (χ1) is 9.49. The quantitative estimate of drug-likeness (QED) is 0.814. The summed E-state index contributed by atoms with van der Waals surface area (Å²) >= 11 is 0. The van der Waals surface area contributed by atoms with Crippen LogP contribution in [0.15, 0.2) is 0 Å². The van der Waals surface area contributed by atoms with Gasteiger partial charge in [0, 0.05) is 51.4 Å². The number of aliphatic carboxylic acids is 1. The van der Waals surface area contributed by atoms with Crippen LogP contribution in [0.4, 0.5) is 0 Å².